The van der Waals surface area contributed by atoms with Crippen LogP contribution in [0.5, 0.6) is 5.75 Å². The molecular formula is C27H21F4N7O2. The summed E-state index contributed by atoms with van der Waals surface area (Å²) in [7, 11) is 1.69. The van der Waals surface area contributed by atoms with E-state index in [4.69, 9.17) is 10.5 Å². The summed E-state index contributed by atoms with van der Waals surface area (Å²) in [6, 6.07) is 5.58. The number of fused-ring (bicyclic) bond motifs is 4. The number of nitrogens with zero attached hydrogens (tertiary/aromatic N) is 6. The number of alkyl halides is 3. The highest BCUT2D eigenvalue weighted by molar-refractivity contribution is 6.10. The van der Waals surface area contributed by atoms with Gasteiger partial charge in [0.05, 0.1) is 45.8 Å². The van der Waals surface area contributed by atoms with Crippen molar-refractivity contribution in [3.05, 3.63) is 83.3 Å². The second-order valence-corrected chi connectivity index (χ2v) is 9.45. The molecule has 0 bridgehead atoms. The fourth-order valence-electron chi connectivity index (χ4n) is 5.12. The van der Waals surface area contributed by atoms with E-state index < -0.39 is 35.5 Å². The predicted molar refractivity (Wildman–Crippen MR) is 137 cm³/mol. The molecule has 0 radical (unpaired) electrons. The van der Waals surface area contributed by atoms with Crippen LogP contribution in [0.25, 0.3) is 21.8 Å². The van der Waals surface area contributed by atoms with Gasteiger partial charge in [0.2, 0.25) is 0 Å². The van der Waals surface area contributed by atoms with Crippen molar-refractivity contribution < 1.29 is 27.1 Å². The third-order valence-electron chi connectivity index (χ3n) is 7.07. The van der Waals surface area contributed by atoms with E-state index in [1.165, 1.54) is 35.6 Å². The molecule has 2 atom stereocenters. The van der Waals surface area contributed by atoms with Crippen LogP contribution < -0.4 is 10.5 Å². The smallest absolute Gasteiger partial charge is 0.416 e. The van der Waals surface area contributed by atoms with E-state index in [0.717, 1.165) is 18.2 Å². The van der Waals surface area contributed by atoms with Crippen molar-refractivity contribution in [3.63, 3.8) is 0 Å². The molecule has 2 N–H and O–H groups in total. The van der Waals surface area contributed by atoms with Gasteiger partial charge in [-0.05, 0) is 31.2 Å². The van der Waals surface area contributed by atoms with Gasteiger partial charge in [-0.1, -0.05) is 6.07 Å². The van der Waals surface area contributed by atoms with Crippen LogP contribution >= 0.6 is 0 Å². The Balaban J connectivity index is 1.50. The van der Waals surface area contributed by atoms with E-state index >= 15 is 4.39 Å². The van der Waals surface area contributed by atoms with Crippen molar-refractivity contribution in [2.45, 2.75) is 25.2 Å². The average Bonchev–Trinajstić information content (AvgIpc) is 3.52. The molecule has 0 fully saturated rings. The highest BCUT2D eigenvalue weighted by Crippen LogP contribution is 2.43. The molecule has 204 valence electrons. The Kier molecular flexibility index (Phi) is 5.82. The van der Waals surface area contributed by atoms with Gasteiger partial charge < -0.3 is 15.4 Å². The molecule has 5 aromatic rings. The van der Waals surface area contributed by atoms with Crippen LogP contribution in [0.3, 0.4) is 0 Å². The summed E-state index contributed by atoms with van der Waals surface area (Å²) in [5.74, 6) is -1.14. The zero-order valence-electron chi connectivity index (χ0n) is 21.1. The third kappa shape index (κ3) is 4.05. The topological polar surface area (TPSA) is 112 Å². The number of anilines is 1. The summed E-state index contributed by atoms with van der Waals surface area (Å²) in [5.41, 5.74) is 6.05. The van der Waals surface area contributed by atoms with Gasteiger partial charge in [0.1, 0.15) is 29.8 Å². The van der Waals surface area contributed by atoms with Gasteiger partial charge in [0, 0.05) is 36.5 Å². The van der Waals surface area contributed by atoms with E-state index in [9.17, 15) is 18.0 Å². The van der Waals surface area contributed by atoms with Gasteiger partial charge in [-0.15, -0.1) is 0 Å². The van der Waals surface area contributed by atoms with Crippen molar-refractivity contribution in [2.75, 3.05) is 12.3 Å². The standard InChI is InChI=1S/C27H21F4N7O2/c1-13(25-33-6-3-7-34-25)38(21-12-40-22-8-14(27(29,30)31)4-5-15(21)22)26(39)16-9-17-20(10-19(16)28)36-24(32)18-11-35-37(2)23(17)18/h3-11,13,21H,12H2,1-2H3,(H2,32,36)/t13-,21?/m1/s1. The van der Waals surface area contributed by atoms with Crippen LogP contribution in [0.2, 0.25) is 0 Å². The number of pyridine rings is 1. The fraction of sp³-hybridized carbons (Fsp3) is 0.222. The largest absolute Gasteiger partial charge is 0.491 e. The second-order valence-electron chi connectivity index (χ2n) is 9.45. The van der Waals surface area contributed by atoms with Gasteiger partial charge >= 0.3 is 6.18 Å². The molecule has 0 spiro atoms. The SMILES string of the molecule is C[C@H](c1ncccn1)N(C(=O)c1cc2c(cc1F)nc(N)c1cnn(C)c12)C1COc2cc(C(F)(F)F)ccc21. The maximum absolute atomic E-state index is 15.6. The Morgan fingerprint density at radius 2 is 1.93 bits per heavy atom. The van der Waals surface area contributed by atoms with Gasteiger partial charge in [-0.25, -0.2) is 19.3 Å². The Morgan fingerprint density at radius 3 is 2.65 bits per heavy atom. The number of halogens is 4. The number of aryl methyl sites for hydroxylation is 1. The maximum atomic E-state index is 15.6. The number of rotatable bonds is 4. The van der Waals surface area contributed by atoms with Crippen LogP contribution in [0.4, 0.5) is 23.4 Å². The normalized spacial score (nSPS) is 15.7. The van der Waals surface area contributed by atoms with Gasteiger partial charge in [0.15, 0.2) is 0 Å². The molecule has 2 aromatic carbocycles. The lowest BCUT2D eigenvalue weighted by atomic mass is 10.00. The number of aromatic nitrogens is 5. The van der Waals surface area contributed by atoms with Crippen LogP contribution in [-0.4, -0.2) is 42.1 Å². The first-order valence-corrected chi connectivity index (χ1v) is 12.2. The van der Waals surface area contributed by atoms with Gasteiger partial charge in [-0.2, -0.15) is 18.3 Å². The van der Waals surface area contributed by atoms with E-state index in [1.807, 2.05) is 0 Å². The van der Waals surface area contributed by atoms with E-state index in [0.29, 0.717) is 21.9 Å². The molecule has 0 aliphatic carbocycles. The monoisotopic (exact) mass is 551 g/mol. The number of carbonyl (C=O) groups is 1. The molecule has 0 saturated carbocycles. The minimum Gasteiger partial charge on any atom is -0.491 e. The van der Waals surface area contributed by atoms with Crippen molar-refractivity contribution in [1.29, 1.82) is 0 Å². The number of nitrogens with two attached hydrogens (primary N) is 1. The zero-order valence-corrected chi connectivity index (χ0v) is 21.1. The van der Waals surface area contributed by atoms with Crippen LogP contribution in [0.15, 0.2) is 55.0 Å². The Hall–Kier alpha value is -4.81. The average molecular weight is 552 g/mol. The van der Waals surface area contributed by atoms with E-state index in [2.05, 4.69) is 20.1 Å². The summed E-state index contributed by atoms with van der Waals surface area (Å²) in [6.07, 6.45) is -0.0327. The molecular weight excluding hydrogens is 530 g/mol. The first kappa shape index (κ1) is 25.5. The molecule has 1 amide bonds. The first-order chi connectivity index (χ1) is 19.0. The number of amides is 1. The number of carbonyl (C=O) groups excluding carboxylic acids is 1. The number of hydrogen-bond acceptors (Lipinski definition) is 7. The molecule has 1 unspecified atom stereocenters. The molecule has 6 rings (SSSR count). The van der Waals surface area contributed by atoms with Gasteiger partial charge in [0.25, 0.3) is 5.91 Å². The first-order valence-electron chi connectivity index (χ1n) is 12.2. The fourth-order valence-corrected chi connectivity index (χ4v) is 5.12. The minimum absolute atomic E-state index is 0.00550. The third-order valence-corrected chi connectivity index (χ3v) is 7.07. The molecule has 4 heterocycles. The number of hydrogen-bond donors (Lipinski definition) is 1. The number of nitrogen functional groups attached to an aromatic ring is 1. The molecule has 1 aliphatic rings. The Bertz CT molecular complexity index is 1790. The maximum Gasteiger partial charge on any atom is 0.416 e. The summed E-state index contributed by atoms with van der Waals surface area (Å²) >= 11 is 0. The summed E-state index contributed by atoms with van der Waals surface area (Å²) < 4.78 is 62.7. The molecule has 13 heteroatoms. The quantitative estimate of drug-likeness (QED) is 0.313. The molecule has 3 aromatic heterocycles. The van der Waals surface area contributed by atoms with Crippen LogP contribution in [-0.2, 0) is 13.2 Å². The summed E-state index contributed by atoms with van der Waals surface area (Å²) in [5, 5.41) is 5.21. The van der Waals surface area contributed by atoms with Crippen molar-refractivity contribution in [1.82, 2.24) is 29.6 Å². The van der Waals surface area contributed by atoms with Crippen LogP contribution in [0, 0.1) is 5.82 Å². The Labute approximate surface area is 224 Å². The highest BCUT2D eigenvalue weighted by atomic mass is 19.4. The second kappa shape index (κ2) is 9.14. The molecule has 0 saturated heterocycles. The summed E-state index contributed by atoms with van der Waals surface area (Å²) in [4.78, 5) is 28.3. The van der Waals surface area contributed by atoms with E-state index in [1.54, 1.807) is 24.7 Å². The predicted octanol–water partition coefficient (Wildman–Crippen LogP) is 4.99. The number of ether oxygens (including phenoxy) is 1. The van der Waals surface area contributed by atoms with Gasteiger partial charge in [-0.3, -0.25) is 9.48 Å². The minimum atomic E-state index is -4.57. The van der Waals surface area contributed by atoms with Crippen LogP contribution in [0.1, 0.15) is 46.3 Å². The molecule has 40 heavy (non-hydrogen) atoms. The number of benzene rings is 2. The Morgan fingerprint density at radius 1 is 1.18 bits per heavy atom. The summed E-state index contributed by atoms with van der Waals surface area (Å²) in [6.45, 7) is 1.52. The van der Waals surface area contributed by atoms with E-state index in [-0.39, 0.29) is 35.1 Å². The molecule has 9 nitrogen and oxygen atoms in total. The lowest BCUT2D eigenvalue weighted by molar-refractivity contribution is -0.137. The van der Waals surface area contributed by atoms with Crippen molar-refractivity contribution in [3.8, 4) is 5.75 Å². The lowest BCUT2D eigenvalue weighted by Crippen LogP contribution is -2.39. The van der Waals surface area contributed by atoms with Crippen molar-refractivity contribution >= 4 is 33.5 Å². The lowest BCUT2D eigenvalue weighted by Gasteiger charge is -2.33. The van der Waals surface area contributed by atoms with Crippen molar-refractivity contribution in [2.24, 2.45) is 7.05 Å². The highest BCUT2D eigenvalue weighted by Gasteiger charge is 2.40. The zero-order chi connectivity index (χ0) is 28.3. The molecule has 1 aliphatic heterocycles.